The summed E-state index contributed by atoms with van der Waals surface area (Å²) < 4.78 is 1.06. The van der Waals surface area contributed by atoms with Crippen LogP contribution >= 0.6 is 23.1 Å². The molecule has 2 aliphatic carbocycles. The Bertz CT molecular complexity index is 466. The quantitative estimate of drug-likeness (QED) is 0.913. The molecule has 19 heavy (non-hydrogen) atoms. The molecule has 1 heterocycles. The van der Waals surface area contributed by atoms with Crippen molar-refractivity contribution in [1.29, 1.82) is 0 Å². The molecule has 1 atom stereocenters. The van der Waals surface area contributed by atoms with Crippen LogP contribution in [-0.4, -0.2) is 21.3 Å². The molecule has 2 fully saturated rings. The third-order valence-electron chi connectivity index (χ3n) is 4.54. The van der Waals surface area contributed by atoms with Crippen LogP contribution in [0.3, 0.4) is 0 Å². The van der Waals surface area contributed by atoms with Crippen LogP contribution in [0.15, 0.2) is 9.72 Å². The van der Waals surface area contributed by atoms with Crippen molar-refractivity contribution < 1.29 is 9.90 Å². The van der Waals surface area contributed by atoms with Gasteiger partial charge in [0.1, 0.15) is 4.34 Å². The minimum Gasteiger partial charge on any atom is -0.481 e. The Morgan fingerprint density at radius 3 is 2.84 bits per heavy atom. The maximum absolute atomic E-state index is 10.7. The molecule has 2 aliphatic rings. The highest BCUT2D eigenvalue weighted by Gasteiger charge is 2.47. The van der Waals surface area contributed by atoms with Gasteiger partial charge in [-0.3, -0.25) is 4.79 Å². The van der Waals surface area contributed by atoms with E-state index in [1.165, 1.54) is 44.9 Å². The second-order valence-electron chi connectivity index (χ2n) is 5.74. The molecule has 1 N–H and O–H groups in total. The topological polar surface area (TPSA) is 50.2 Å². The van der Waals surface area contributed by atoms with E-state index >= 15 is 0 Å². The van der Waals surface area contributed by atoms with E-state index in [1.54, 1.807) is 11.3 Å². The number of hydrogen-bond donors (Lipinski definition) is 1. The molecular formula is C14H19NO2S2. The highest BCUT2D eigenvalue weighted by Crippen LogP contribution is 2.58. The number of rotatable bonds is 4. The van der Waals surface area contributed by atoms with E-state index in [4.69, 9.17) is 5.11 Å². The van der Waals surface area contributed by atoms with Crippen LogP contribution < -0.4 is 0 Å². The first kappa shape index (κ1) is 13.4. The summed E-state index contributed by atoms with van der Waals surface area (Å²) in [5.74, 6) is -0.797. The average molecular weight is 297 g/mol. The molecule has 0 aromatic carbocycles. The zero-order chi connectivity index (χ0) is 13.3. The third kappa shape index (κ3) is 2.82. The van der Waals surface area contributed by atoms with Gasteiger partial charge in [0.15, 0.2) is 0 Å². The second kappa shape index (κ2) is 5.44. The average Bonchev–Trinajstić information content (AvgIpc) is 2.82. The van der Waals surface area contributed by atoms with Crippen molar-refractivity contribution in [3.8, 4) is 0 Å². The summed E-state index contributed by atoms with van der Waals surface area (Å²) in [5.41, 5.74) is 1.29. The number of nitrogens with zero attached hydrogens (tertiary/aromatic N) is 1. The fraction of sp³-hybridized carbons (Fsp3) is 0.714. The van der Waals surface area contributed by atoms with E-state index in [1.807, 2.05) is 17.1 Å². The molecule has 0 radical (unpaired) electrons. The Balaban J connectivity index is 1.62. The number of thioether (sulfide) groups is 1. The summed E-state index contributed by atoms with van der Waals surface area (Å²) in [7, 11) is 0. The van der Waals surface area contributed by atoms with E-state index in [-0.39, 0.29) is 6.42 Å². The molecule has 0 saturated heterocycles. The maximum Gasteiger partial charge on any atom is 0.309 e. The Morgan fingerprint density at radius 1 is 1.42 bits per heavy atom. The SMILES string of the molecule is O=C(O)Cc1csc(SC2CCC23CCCCC3)n1. The van der Waals surface area contributed by atoms with Crippen molar-refractivity contribution in [1.82, 2.24) is 4.98 Å². The Hall–Kier alpha value is -0.550. The van der Waals surface area contributed by atoms with Crippen molar-refractivity contribution in [2.45, 2.75) is 61.0 Å². The van der Waals surface area contributed by atoms with Gasteiger partial charge >= 0.3 is 5.97 Å². The van der Waals surface area contributed by atoms with Crippen molar-refractivity contribution in [3.05, 3.63) is 11.1 Å². The highest BCUT2D eigenvalue weighted by molar-refractivity contribution is 8.01. The van der Waals surface area contributed by atoms with Crippen LogP contribution in [-0.2, 0) is 11.2 Å². The second-order valence-corrected chi connectivity index (χ2v) is 8.05. The molecule has 1 unspecified atom stereocenters. The van der Waals surface area contributed by atoms with Gasteiger partial charge in [0.2, 0.25) is 0 Å². The standard InChI is InChI=1S/C14H19NO2S2/c16-12(17)8-10-9-18-13(15-10)19-11-4-7-14(11)5-2-1-3-6-14/h9,11H,1-8H2,(H,16,17). The van der Waals surface area contributed by atoms with Crippen LogP contribution in [0.4, 0.5) is 0 Å². The number of carboxylic acid groups (broad SMARTS) is 1. The van der Waals surface area contributed by atoms with Gasteiger partial charge in [-0.15, -0.1) is 11.3 Å². The van der Waals surface area contributed by atoms with Gasteiger partial charge in [0, 0.05) is 10.6 Å². The summed E-state index contributed by atoms with van der Waals surface area (Å²) in [4.78, 5) is 15.1. The van der Waals surface area contributed by atoms with E-state index in [9.17, 15) is 4.79 Å². The molecule has 0 bridgehead atoms. The Kier molecular flexibility index (Phi) is 3.85. The normalized spacial score (nSPS) is 25.2. The zero-order valence-corrected chi connectivity index (χ0v) is 12.6. The predicted octanol–water partition coefficient (Wildman–Crippen LogP) is 3.98. The highest BCUT2D eigenvalue weighted by atomic mass is 32.2. The number of aliphatic carboxylic acids is 1. The number of thiazole rings is 1. The number of hydrogen-bond acceptors (Lipinski definition) is 4. The van der Waals surface area contributed by atoms with E-state index in [2.05, 4.69) is 4.98 Å². The predicted molar refractivity (Wildman–Crippen MR) is 77.9 cm³/mol. The number of carbonyl (C=O) groups is 1. The van der Waals surface area contributed by atoms with Crippen LogP contribution in [0.2, 0.25) is 0 Å². The molecule has 104 valence electrons. The lowest BCUT2D eigenvalue weighted by Crippen LogP contribution is -2.44. The van der Waals surface area contributed by atoms with Crippen LogP contribution in [0.1, 0.15) is 50.6 Å². The van der Waals surface area contributed by atoms with Gasteiger partial charge in [0.25, 0.3) is 0 Å². The maximum atomic E-state index is 10.7. The molecule has 3 nitrogen and oxygen atoms in total. The molecule has 0 aliphatic heterocycles. The fourth-order valence-electron chi connectivity index (χ4n) is 3.38. The molecule has 1 spiro atoms. The van der Waals surface area contributed by atoms with Gasteiger partial charge in [-0.25, -0.2) is 4.98 Å². The van der Waals surface area contributed by atoms with E-state index in [0.29, 0.717) is 11.1 Å². The lowest BCUT2D eigenvalue weighted by Gasteiger charge is -2.51. The van der Waals surface area contributed by atoms with Gasteiger partial charge in [-0.1, -0.05) is 31.0 Å². The lowest BCUT2D eigenvalue weighted by molar-refractivity contribution is -0.136. The molecule has 5 heteroatoms. The molecular weight excluding hydrogens is 278 g/mol. The van der Waals surface area contributed by atoms with E-state index < -0.39 is 5.97 Å². The minimum atomic E-state index is -0.797. The molecule has 1 aromatic heterocycles. The fourth-order valence-corrected chi connectivity index (χ4v) is 5.89. The van der Waals surface area contributed by atoms with Gasteiger partial charge < -0.3 is 5.11 Å². The first-order valence-electron chi connectivity index (χ1n) is 7.01. The smallest absolute Gasteiger partial charge is 0.309 e. The largest absolute Gasteiger partial charge is 0.481 e. The molecule has 2 saturated carbocycles. The van der Waals surface area contributed by atoms with Gasteiger partial charge in [-0.2, -0.15) is 0 Å². The summed E-state index contributed by atoms with van der Waals surface area (Å²) in [6, 6.07) is 0. The third-order valence-corrected chi connectivity index (χ3v) is 7.12. The monoisotopic (exact) mass is 297 g/mol. The summed E-state index contributed by atoms with van der Waals surface area (Å²) >= 11 is 3.50. The van der Waals surface area contributed by atoms with Crippen molar-refractivity contribution in [3.63, 3.8) is 0 Å². The minimum absolute atomic E-state index is 0.0485. The first-order valence-corrected chi connectivity index (χ1v) is 8.77. The first-order chi connectivity index (χ1) is 9.18. The van der Waals surface area contributed by atoms with E-state index in [0.717, 1.165) is 9.59 Å². The van der Waals surface area contributed by atoms with Gasteiger partial charge in [-0.05, 0) is 31.1 Å². The summed E-state index contributed by atoms with van der Waals surface area (Å²) in [6.45, 7) is 0. The molecule has 3 rings (SSSR count). The summed E-state index contributed by atoms with van der Waals surface area (Å²) in [6.07, 6.45) is 9.69. The lowest BCUT2D eigenvalue weighted by atomic mass is 9.60. The van der Waals surface area contributed by atoms with Gasteiger partial charge in [0.05, 0.1) is 12.1 Å². The molecule has 1 aromatic rings. The van der Waals surface area contributed by atoms with Crippen LogP contribution in [0, 0.1) is 5.41 Å². The van der Waals surface area contributed by atoms with Crippen molar-refractivity contribution in [2.24, 2.45) is 5.41 Å². The number of aromatic nitrogens is 1. The Labute approximate surface area is 121 Å². The zero-order valence-electron chi connectivity index (χ0n) is 10.9. The number of carboxylic acids is 1. The summed E-state index contributed by atoms with van der Waals surface area (Å²) in [5, 5.41) is 11.4. The van der Waals surface area contributed by atoms with Crippen molar-refractivity contribution >= 4 is 29.1 Å². The molecule has 0 amide bonds. The van der Waals surface area contributed by atoms with Crippen molar-refractivity contribution in [2.75, 3.05) is 0 Å². The van der Waals surface area contributed by atoms with Crippen LogP contribution in [0.5, 0.6) is 0 Å². The van der Waals surface area contributed by atoms with Crippen LogP contribution in [0.25, 0.3) is 0 Å². The Morgan fingerprint density at radius 2 is 2.21 bits per heavy atom.